The Morgan fingerprint density at radius 2 is 2.06 bits per heavy atom. The fraction of sp³-hybridized carbons (Fsp3) is 0.333. The number of nitrogens with zero attached hydrogens (tertiary/aromatic N) is 1. The number of hydrogen-bond donors (Lipinski definition) is 2. The summed E-state index contributed by atoms with van der Waals surface area (Å²) < 4.78 is 0. The van der Waals surface area contributed by atoms with E-state index in [1.807, 2.05) is 18.2 Å². The first-order valence-corrected chi connectivity index (χ1v) is 5.77. The number of carbonyl (C=O) groups excluding carboxylic acids is 1. The van der Waals surface area contributed by atoms with Crippen molar-refractivity contribution in [1.82, 2.24) is 10.2 Å². The quantitative estimate of drug-likeness (QED) is 0.808. The molecule has 1 rings (SSSR count). The lowest BCUT2D eigenvalue weighted by Gasteiger charge is -2.16. The number of carboxylic acid groups (broad SMARTS) is 1. The summed E-state index contributed by atoms with van der Waals surface area (Å²) in [4.78, 5) is 23.4. The number of rotatable bonds is 6. The minimum Gasteiger partial charge on any atom is -0.480 e. The number of hydrogen-bond acceptors (Lipinski definition) is 3. The van der Waals surface area contributed by atoms with Crippen molar-refractivity contribution >= 4 is 23.5 Å². The van der Waals surface area contributed by atoms with Crippen molar-refractivity contribution in [2.45, 2.75) is 6.54 Å². The van der Waals surface area contributed by atoms with Crippen LogP contribution in [0, 0.1) is 0 Å². The molecule has 0 fully saturated rings. The van der Waals surface area contributed by atoms with Crippen molar-refractivity contribution in [1.29, 1.82) is 0 Å². The average Bonchev–Trinajstić information content (AvgIpc) is 2.29. The standard InChI is InChI=1S/C12H15ClN2O3/c1-15(8-11(16)14-6-12(17)18)7-9-4-2-3-5-10(9)13/h2-5H,6-8H2,1H3,(H,14,16)(H,17,18). The van der Waals surface area contributed by atoms with Crippen LogP contribution in [0.2, 0.25) is 5.02 Å². The van der Waals surface area contributed by atoms with E-state index in [-0.39, 0.29) is 19.0 Å². The fourth-order valence-electron chi connectivity index (χ4n) is 1.45. The Balaban J connectivity index is 2.42. The van der Waals surface area contributed by atoms with Crippen molar-refractivity contribution < 1.29 is 14.7 Å². The van der Waals surface area contributed by atoms with E-state index >= 15 is 0 Å². The van der Waals surface area contributed by atoms with Crippen LogP contribution in [0.25, 0.3) is 0 Å². The summed E-state index contributed by atoms with van der Waals surface area (Å²) in [5, 5.41) is 11.4. The number of amides is 1. The summed E-state index contributed by atoms with van der Waals surface area (Å²) in [5.74, 6) is -1.39. The molecule has 1 amide bonds. The van der Waals surface area contributed by atoms with E-state index in [9.17, 15) is 9.59 Å². The largest absolute Gasteiger partial charge is 0.480 e. The number of carbonyl (C=O) groups is 2. The van der Waals surface area contributed by atoms with Gasteiger partial charge < -0.3 is 10.4 Å². The first-order chi connectivity index (χ1) is 8.49. The first-order valence-electron chi connectivity index (χ1n) is 5.39. The summed E-state index contributed by atoms with van der Waals surface area (Å²) in [6.07, 6.45) is 0. The maximum atomic E-state index is 11.4. The number of halogens is 1. The van der Waals surface area contributed by atoms with E-state index < -0.39 is 5.97 Å². The van der Waals surface area contributed by atoms with Gasteiger partial charge in [-0.2, -0.15) is 0 Å². The molecule has 0 aromatic heterocycles. The minimum atomic E-state index is -1.06. The summed E-state index contributed by atoms with van der Waals surface area (Å²) >= 11 is 6.00. The van der Waals surface area contributed by atoms with Crippen molar-refractivity contribution in [2.24, 2.45) is 0 Å². The molecule has 18 heavy (non-hydrogen) atoms. The Labute approximate surface area is 110 Å². The highest BCUT2D eigenvalue weighted by molar-refractivity contribution is 6.31. The lowest BCUT2D eigenvalue weighted by molar-refractivity contribution is -0.138. The smallest absolute Gasteiger partial charge is 0.322 e. The van der Waals surface area contributed by atoms with Crippen LogP contribution in [0.15, 0.2) is 24.3 Å². The molecule has 0 bridgehead atoms. The predicted octanol–water partition coefficient (Wildman–Crippen LogP) is 0.973. The minimum absolute atomic E-state index is 0.124. The van der Waals surface area contributed by atoms with Gasteiger partial charge in [0.15, 0.2) is 0 Å². The molecule has 0 aliphatic rings. The molecule has 0 heterocycles. The van der Waals surface area contributed by atoms with Gasteiger partial charge in [-0.05, 0) is 18.7 Å². The molecule has 2 N–H and O–H groups in total. The molecule has 1 aromatic carbocycles. The Bertz CT molecular complexity index is 437. The summed E-state index contributed by atoms with van der Waals surface area (Å²) in [6.45, 7) is 0.289. The van der Waals surface area contributed by atoms with Gasteiger partial charge in [0.05, 0.1) is 6.54 Å². The zero-order valence-corrected chi connectivity index (χ0v) is 10.8. The van der Waals surface area contributed by atoms with Crippen LogP contribution in [-0.2, 0) is 16.1 Å². The highest BCUT2D eigenvalue weighted by Gasteiger charge is 2.09. The maximum absolute atomic E-state index is 11.4. The van der Waals surface area contributed by atoms with E-state index in [1.54, 1.807) is 18.0 Å². The second-order valence-electron chi connectivity index (χ2n) is 3.93. The Kier molecular flexibility index (Phi) is 5.61. The predicted molar refractivity (Wildman–Crippen MR) is 68.4 cm³/mol. The maximum Gasteiger partial charge on any atom is 0.322 e. The molecule has 1 aromatic rings. The number of nitrogens with one attached hydrogen (secondary N) is 1. The molecule has 0 aliphatic heterocycles. The number of likely N-dealkylation sites (N-methyl/N-ethyl adjacent to an activating group) is 1. The fourth-order valence-corrected chi connectivity index (χ4v) is 1.64. The molecule has 0 spiro atoms. The van der Waals surface area contributed by atoms with Gasteiger partial charge in [-0.1, -0.05) is 29.8 Å². The van der Waals surface area contributed by atoms with Crippen LogP contribution in [0.3, 0.4) is 0 Å². The van der Waals surface area contributed by atoms with Gasteiger partial charge in [0.25, 0.3) is 0 Å². The van der Waals surface area contributed by atoms with E-state index in [0.29, 0.717) is 11.6 Å². The van der Waals surface area contributed by atoms with Crippen molar-refractivity contribution in [3.05, 3.63) is 34.9 Å². The monoisotopic (exact) mass is 270 g/mol. The third kappa shape index (κ3) is 5.16. The van der Waals surface area contributed by atoms with Crippen molar-refractivity contribution in [3.8, 4) is 0 Å². The third-order valence-corrected chi connectivity index (χ3v) is 2.62. The molecule has 0 unspecified atom stereocenters. The Morgan fingerprint density at radius 1 is 1.39 bits per heavy atom. The second-order valence-corrected chi connectivity index (χ2v) is 4.34. The van der Waals surface area contributed by atoms with Crippen LogP contribution in [0.1, 0.15) is 5.56 Å². The van der Waals surface area contributed by atoms with Crippen LogP contribution in [0.5, 0.6) is 0 Å². The van der Waals surface area contributed by atoms with Crippen molar-refractivity contribution in [2.75, 3.05) is 20.1 Å². The van der Waals surface area contributed by atoms with E-state index in [0.717, 1.165) is 5.56 Å². The lowest BCUT2D eigenvalue weighted by atomic mass is 10.2. The van der Waals surface area contributed by atoms with E-state index in [2.05, 4.69) is 5.32 Å². The first kappa shape index (κ1) is 14.5. The van der Waals surface area contributed by atoms with Gasteiger partial charge >= 0.3 is 5.97 Å². The molecule has 98 valence electrons. The Hall–Kier alpha value is -1.59. The summed E-state index contributed by atoms with van der Waals surface area (Å²) in [7, 11) is 1.77. The Morgan fingerprint density at radius 3 is 2.67 bits per heavy atom. The molecular formula is C12H15ClN2O3. The normalized spacial score (nSPS) is 10.4. The topological polar surface area (TPSA) is 69.6 Å². The van der Waals surface area contributed by atoms with E-state index in [1.165, 1.54) is 0 Å². The van der Waals surface area contributed by atoms with Gasteiger partial charge in [-0.15, -0.1) is 0 Å². The van der Waals surface area contributed by atoms with Crippen LogP contribution in [-0.4, -0.2) is 42.0 Å². The molecule has 0 atom stereocenters. The van der Waals surface area contributed by atoms with Gasteiger partial charge in [0, 0.05) is 11.6 Å². The lowest BCUT2D eigenvalue weighted by Crippen LogP contribution is -2.37. The van der Waals surface area contributed by atoms with Crippen LogP contribution < -0.4 is 5.32 Å². The average molecular weight is 271 g/mol. The van der Waals surface area contributed by atoms with Crippen LogP contribution >= 0.6 is 11.6 Å². The number of carboxylic acids is 1. The SMILES string of the molecule is CN(CC(=O)NCC(=O)O)Cc1ccccc1Cl. The molecule has 0 saturated carbocycles. The van der Waals surface area contributed by atoms with Gasteiger partial charge in [0.1, 0.15) is 6.54 Å². The molecule has 0 aliphatic carbocycles. The third-order valence-electron chi connectivity index (χ3n) is 2.25. The van der Waals surface area contributed by atoms with Gasteiger partial charge in [-0.25, -0.2) is 0 Å². The number of aliphatic carboxylic acids is 1. The highest BCUT2D eigenvalue weighted by atomic mass is 35.5. The van der Waals surface area contributed by atoms with Crippen molar-refractivity contribution in [3.63, 3.8) is 0 Å². The summed E-state index contributed by atoms with van der Waals surface area (Å²) in [5.41, 5.74) is 0.924. The van der Waals surface area contributed by atoms with Crippen LogP contribution in [0.4, 0.5) is 0 Å². The van der Waals surface area contributed by atoms with Gasteiger partial charge in [0.2, 0.25) is 5.91 Å². The molecule has 0 saturated heterocycles. The molecular weight excluding hydrogens is 256 g/mol. The molecule has 6 heteroatoms. The van der Waals surface area contributed by atoms with Gasteiger partial charge in [-0.3, -0.25) is 14.5 Å². The second kappa shape index (κ2) is 6.98. The summed E-state index contributed by atoms with van der Waals surface area (Å²) in [6, 6.07) is 7.38. The zero-order chi connectivity index (χ0) is 13.5. The molecule has 5 nitrogen and oxygen atoms in total. The molecule has 0 radical (unpaired) electrons. The number of benzene rings is 1. The highest BCUT2D eigenvalue weighted by Crippen LogP contribution is 2.16. The van der Waals surface area contributed by atoms with E-state index in [4.69, 9.17) is 16.7 Å². The zero-order valence-electron chi connectivity index (χ0n) is 10.0.